The van der Waals surface area contributed by atoms with E-state index in [1.807, 2.05) is 6.08 Å². The molecule has 19 heteroatoms. The van der Waals surface area contributed by atoms with E-state index >= 15 is 0 Å². The van der Waals surface area contributed by atoms with Crippen molar-refractivity contribution < 1.29 is 89.4 Å². The van der Waals surface area contributed by atoms with Crippen molar-refractivity contribution >= 4 is 5.91 Å². The van der Waals surface area contributed by atoms with Crippen LogP contribution in [0.25, 0.3) is 0 Å². The number of amides is 1. The van der Waals surface area contributed by atoms with E-state index in [1.54, 1.807) is 6.08 Å². The van der Waals surface area contributed by atoms with Crippen molar-refractivity contribution in [2.75, 3.05) is 26.4 Å². The highest BCUT2D eigenvalue weighted by molar-refractivity contribution is 5.76. The van der Waals surface area contributed by atoms with Crippen molar-refractivity contribution in [2.24, 2.45) is 0 Å². The minimum Gasteiger partial charge on any atom is -0.394 e. The molecule has 0 spiro atoms. The number of hydrogen-bond acceptors (Lipinski definition) is 18. The van der Waals surface area contributed by atoms with Crippen LogP contribution in [0.15, 0.2) is 72.9 Å². The van der Waals surface area contributed by atoms with E-state index in [0.29, 0.717) is 6.42 Å². The lowest BCUT2D eigenvalue weighted by atomic mass is 9.96. The molecule has 0 aromatic carbocycles. The monoisotopic (exact) mass is 1320 g/mol. The number of hydrogen-bond donors (Lipinski definition) is 12. The molecular weight excluding hydrogens is 1190 g/mol. The molecule has 0 saturated carbocycles. The van der Waals surface area contributed by atoms with Gasteiger partial charge in [-0.2, -0.15) is 0 Å². The third kappa shape index (κ3) is 36.6. The zero-order chi connectivity index (χ0) is 67.5. The van der Waals surface area contributed by atoms with E-state index in [4.69, 9.17) is 28.4 Å². The number of aliphatic hydroxyl groups is 11. The Balaban J connectivity index is 1.26. The Bertz CT molecular complexity index is 1970. The summed E-state index contributed by atoms with van der Waals surface area (Å²) in [4.78, 5) is 13.4. The van der Waals surface area contributed by atoms with Gasteiger partial charge in [0.2, 0.25) is 5.91 Å². The lowest BCUT2D eigenvalue weighted by molar-refractivity contribution is -0.379. The van der Waals surface area contributed by atoms with Crippen LogP contribution in [0.2, 0.25) is 0 Å². The van der Waals surface area contributed by atoms with Gasteiger partial charge in [-0.3, -0.25) is 4.79 Å². The van der Waals surface area contributed by atoms with Gasteiger partial charge in [-0.25, -0.2) is 0 Å². The van der Waals surface area contributed by atoms with Crippen molar-refractivity contribution in [3.05, 3.63) is 72.9 Å². The highest BCUT2D eigenvalue weighted by Crippen LogP contribution is 2.33. The number of unbranched alkanes of at least 4 members (excludes halogenated alkanes) is 30. The molecule has 19 nitrogen and oxygen atoms in total. The van der Waals surface area contributed by atoms with Gasteiger partial charge in [-0.1, -0.05) is 260 Å². The molecule has 3 rings (SSSR count). The largest absolute Gasteiger partial charge is 0.394 e. The molecule has 0 aromatic rings. The molecule has 17 unspecified atom stereocenters. The molecule has 3 aliphatic rings. The van der Waals surface area contributed by atoms with E-state index in [9.17, 15) is 61.0 Å². The maximum Gasteiger partial charge on any atom is 0.220 e. The Hall–Kier alpha value is -2.77. The van der Waals surface area contributed by atoms with Crippen molar-refractivity contribution in [1.29, 1.82) is 0 Å². The van der Waals surface area contributed by atoms with Crippen molar-refractivity contribution in [1.82, 2.24) is 5.32 Å². The van der Waals surface area contributed by atoms with Gasteiger partial charge in [-0.15, -0.1) is 0 Å². The van der Waals surface area contributed by atoms with Gasteiger partial charge in [0.1, 0.15) is 73.2 Å². The molecule has 3 saturated heterocycles. The minimum absolute atomic E-state index is 0.244. The Labute approximate surface area is 559 Å². The highest BCUT2D eigenvalue weighted by atomic mass is 16.8. The molecule has 3 heterocycles. The van der Waals surface area contributed by atoms with Gasteiger partial charge in [0, 0.05) is 6.42 Å². The average molecular weight is 1320 g/mol. The zero-order valence-corrected chi connectivity index (χ0v) is 57.2. The Morgan fingerprint density at radius 2 is 0.742 bits per heavy atom. The molecule has 17 atom stereocenters. The van der Waals surface area contributed by atoms with Crippen molar-refractivity contribution in [3.8, 4) is 0 Å². The van der Waals surface area contributed by atoms with E-state index in [-0.39, 0.29) is 18.9 Å². The number of nitrogens with one attached hydrogen (secondary N) is 1. The minimum atomic E-state index is -1.98. The SMILES string of the molecule is CC/C=C\C/C=C\C/C=C\C/C=C\C/C=C\CCCCCCCCCCCCCCCCCCCCCCCCCC(=O)NC(COC1OC(CO)C(OC2OC(CO)C(OC3OC(CO)C(O)C(O)C3O)C(O)C2O)C(O)C1O)C(O)/C=C/CCCCCCCCC. The lowest BCUT2D eigenvalue weighted by Gasteiger charge is -2.48. The summed E-state index contributed by atoms with van der Waals surface area (Å²) in [6, 6.07) is -0.971. The maximum atomic E-state index is 13.4. The van der Waals surface area contributed by atoms with Gasteiger partial charge < -0.3 is 89.9 Å². The quantitative estimate of drug-likeness (QED) is 0.0199. The zero-order valence-electron chi connectivity index (χ0n) is 57.2. The van der Waals surface area contributed by atoms with Crippen LogP contribution in [0.3, 0.4) is 0 Å². The predicted molar refractivity (Wildman–Crippen MR) is 365 cm³/mol. The first-order chi connectivity index (χ1) is 45.3. The molecule has 540 valence electrons. The molecule has 0 bridgehead atoms. The third-order valence-electron chi connectivity index (χ3n) is 18.0. The van der Waals surface area contributed by atoms with Crippen LogP contribution in [-0.4, -0.2) is 193 Å². The Kier molecular flexibility index (Phi) is 50.1. The highest BCUT2D eigenvalue weighted by Gasteiger charge is 2.53. The fourth-order valence-corrected chi connectivity index (χ4v) is 12.1. The number of rotatable bonds is 56. The summed E-state index contributed by atoms with van der Waals surface area (Å²) in [6.45, 7) is 1.58. The topological polar surface area (TPSA) is 307 Å². The van der Waals surface area contributed by atoms with E-state index in [0.717, 1.165) is 77.0 Å². The molecule has 1 amide bonds. The molecule has 0 radical (unpaired) electrons. The number of carbonyl (C=O) groups excluding carboxylic acids is 1. The molecule has 0 aliphatic carbocycles. The normalized spacial score (nSPS) is 27.9. The number of carbonyl (C=O) groups is 1. The first-order valence-electron chi connectivity index (χ1n) is 36.7. The fraction of sp³-hybridized carbons (Fsp3) is 0.824. The third-order valence-corrected chi connectivity index (χ3v) is 18.0. The molecule has 0 aromatic heterocycles. The Morgan fingerprint density at radius 3 is 1.16 bits per heavy atom. The molecule has 93 heavy (non-hydrogen) atoms. The summed E-state index contributed by atoms with van der Waals surface area (Å²) in [6.07, 6.45) is 43.7. The second kappa shape index (κ2) is 55.1. The van der Waals surface area contributed by atoms with Gasteiger partial charge in [0.25, 0.3) is 0 Å². The summed E-state index contributed by atoms with van der Waals surface area (Å²) in [5, 5.41) is 120. The number of allylic oxidation sites excluding steroid dienone is 11. The van der Waals surface area contributed by atoms with E-state index < -0.39 is 124 Å². The van der Waals surface area contributed by atoms with Crippen LogP contribution in [0.1, 0.15) is 258 Å². The average Bonchev–Trinajstić information content (AvgIpc) is 0.828. The fourth-order valence-electron chi connectivity index (χ4n) is 12.1. The lowest BCUT2D eigenvalue weighted by Crippen LogP contribution is -2.66. The van der Waals surface area contributed by atoms with Crippen LogP contribution < -0.4 is 5.32 Å². The molecule has 12 N–H and O–H groups in total. The van der Waals surface area contributed by atoms with Crippen LogP contribution in [0.5, 0.6) is 0 Å². The summed E-state index contributed by atoms with van der Waals surface area (Å²) in [5.74, 6) is -0.276. The van der Waals surface area contributed by atoms with Gasteiger partial charge >= 0.3 is 0 Å². The van der Waals surface area contributed by atoms with Gasteiger partial charge in [-0.05, 0) is 64.2 Å². The number of aliphatic hydroxyl groups excluding tert-OH is 11. The molecular formula is C74H131NO18. The van der Waals surface area contributed by atoms with Crippen molar-refractivity contribution in [3.63, 3.8) is 0 Å². The van der Waals surface area contributed by atoms with E-state index in [1.165, 1.54) is 154 Å². The second-order valence-electron chi connectivity index (χ2n) is 26.0. The first kappa shape index (κ1) is 84.5. The summed E-state index contributed by atoms with van der Waals surface area (Å²) in [7, 11) is 0. The molecule has 3 fully saturated rings. The smallest absolute Gasteiger partial charge is 0.220 e. The summed E-state index contributed by atoms with van der Waals surface area (Å²) < 4.78 is 34.3. The second-order valence-corrected chi connectivity index (χ2v) is 26.0. The Morgan fingerprint density at radius 1 is 0.398 bits per heavy atom. The molecule has 3 aliphatic heterocycles. The van der Waals surface area contributed by atoms with Crippen LogP contribution in [0.4, 0.5) is 0 Å². The first-order valence-corrected chi connectivity index (χ1v) is 36.7. The predicted octanol–water partition coefficient (Wildman–Crippen LogP) is 10.5. The van der Waals surface area contributed by atoms with Gasteiger partial charge in [0.05, 0.1) is 38.6 Å². The number of ether oxygens (including phenoxy) is 6. The standard InChI is InChI=1S/C74H131NO18/c1-3-5-7-9-11-13-14-15-16-17-18-19-20-21-22-23-24-25-26-27-28-29-30-31-32-33-34-35-36-37-38-39-40-41-42-44-46-48-50-52-62(80)75-57(58(79)51-49-47-45-43-12-10-8-6-4-2)56-88-72-68(86)65(83)70(60(54-77)90-72)93-74-69(87)66(84)71(61(55-78)91-74)92-73-67(85)64(82)63(81)59(53-76)89-73/h5,7,11,13,15-16,18-19,21-22,49,51,57-61,63-74,76-79,81-87H,3-4,6,8-10,12,14,17,20,23-48,50,52-56H2,1-2H3,(H,75,80)/b7-5-,13-11-,16-15-,19-18-,22-21-,51-49+. The van der Waals surface area contributed by atoms with Gasteiger partial charge in [0.15, 0.2) is 18.9 Å². The van der Waals surface area contributed by atoms with Crippen LogP contribution in [0, 0.1) is 0 Å². The van der Waals surface area contributed by atoms with Crippen LogP contribution >= 0.6 is 0 Å². The van der Waals surface area contributed by atoms with Crippen molar-refractivity contribution in [2.45, 2.75) is 362 Å². The van der Waals surface area contributed by atoms with E-state index in [2.05, 4.69) is 79.9 Å². The van der Waals surface area contributed by atoms with Crippen LogP contribution in [-0.2, 0) is 33.2 Å². The maximum absolute atomic E-state index is 13.4. The summed E-state index contributed by atoms with van der Waals surface area (Å²) >= 11 is 0. The summed E-state index contributed by atoms with van der Waals surface area (Å²) in [5.41, 5.74) is 0.